The number of nitrogens with one attached hydrogen (secondary N) is 1. The highest BCUT2D eigenvalue weighted by atomic mass is 35.5. The van der Waals surface area contributed by atoms with E-state index in [0.717, 1.165) is 0 Å². The van der Waals surface area contributed by atoms with Gasteiger partial charge in [-0.1, -0.05) is 28.4 Å². The van der Waals surface area contributed by atoms with Crippen molar-refractivity contribution in [1.82, 2.24) is 19.9 Å². The van der Waals surface area contributed by atoms with Crippen LogP contribution in [0.5, 0.6) is 11.5 Å². The first-order chi connectivity index (χ1) is 15.9. The number of benzene rings is 2. The first-order valence-electron chi connectivity index (χ1n) is 10.2. The lowest BCUT2D eigenvalue weighted by molar-refractivity contribution is 0.140. The predicted octanol–water partition coefficient (Wildman–Crippen LogP) is 4.41. The van der Waals surface area contributed by atoms with Crippen LogP contribution in [0.3, 0.4) is 0 Å². The standard InChI is InChI=1S/C22H23Cl2N5O4/c1-31-16-9-14(10-17(12-16)32-2)21-26-20(27-33-21)13-28-5-7-29(8-6-28)22(30)25-19-4-3-15(23)11-18(19)24/h3-4,9-12H,5-8,13H2,1-2H3,(H,25,30). The third-order valence-corrected chi connectivity index (χ3v) is 5.81. The van der Waals surface area contributed by atoms with E-state index in [9.17, 15) is 4.79 Å². The van der Waals surface area contributed by atoms with E-state index in [1.165, 1.54) is 0 Å². The molecule has 2 amide bonds. The summed E-state index contributed by atoms with van der Waals surface area (Å²) in [4.78, 5) is 21.0. The molecule has 1 aliphatic rings. The summed E-state index contributed by atoms with van der Waals surface area (Å²) in [5.41, 5.74) is 1.24. The van der Waals surface area contributed by atoms with Crippen LogP contribution in [0.15, 0.2) is 40.9 Å². The van der Waals surface area contributed by atoms with Crippen LogP contribution in [0.4, 0.5) is 10.5 Å². The van der Waals surface area contributed by atoms with E-state index in [1.807, 2.05) is 12.1 Å². The predicted molar refractivity (Wildman–Crippen MR) is 125 cm³/mol. The molecule has 1 N–H and O–H groups in total. The van der Waals surface area contributed by atoms with Crippen molar-refractivity contribution in [2.24, 2.45) is 0 Å². The van der Waals surface area contributed by atoms with Gasteiger partial charge in [0.2, 0.25) is 0 Å². The molecule has 3 aromatic rings. The number of hydrogen-bond acceptors (Lipinski definition) is 7. The summed E-state index contributed by atoms with van der Waals surface area (Å²) in [7, 11) is 3.17. The monoisotopic (exact) mass is 491 g/mol. The summed E-state index contributed by atoms with van der Waals surface area (Å²) >= 11 is 12.1. The highest BCUT2D eigenvalue weighted by molar-refractivity contribution is 6.36. The normalized spacial score (nSPS) is 14.2. The van der Waals surface area contributed by atoms with Crippen molar-refractivity contribution in [3.05, 3.63) is 52.3 Å². The minimum atomic E-state index is -0.201. The Bertz CT molecular complexity index is 1110. The van der Waals surface area contributed by atoms with Crippen molar-refractivity contribution in [1.29, 1.82) is 0 Å². The molecule has 1 aromatic heterocycles. The Morgan fingerprint density at radius 1 is 1.06 bits per heavy atom. The van der Waals surface area contributed by atoms with E-state index in [4.69, 9.17) is 37.2 Å². The number of methoxy groups -OCH3 is 2. The fourth-order valence-corrected chi connectivity index (χ4v) is 3.92. The van der Waals surface area contributed by atoms with Crippen molar-refractivity contribution >= 4 is 34.9 Å². The fraction of sp³-hybridized carbons (Fsp3) is 0.318. The lowest BCUT2D eigenvalue weighted by atomic mass is 10.2. The van der Waals surface area contributed by atoms with Gasteiger partial charge in [0.25, 0.3) is 5.89 Å². The maximum Gasteiger partial charge on any atom is 0.321 e. The van der Waals surface area contributed by atoms with Gasteiger partial charge < -0.3 is 24.2 Å². The van der Waals surface area contributed by atoms with Crippen molar-refractivity contribution in [2.45, 2.75) is 6.54 Å². The van der Waals surface area contributed by atoms with Gasteiger partial charge in [-0.2, -0.15) is 4.98 Å². The van der Waals surface area contributed by atoms with Crippen LogP contribution >= 0.6 is 23.2 Å². The Morgan fingerprint density at radius 3 is 2.39 bits per heavy atom. The van der Waals surface area contributed by atoms with Gasteiger partial charge in [0.05, 0.1) is 31.5 Å². The van der Waals surface area contributed by atoms with Gasteiger partial charge in [-0.3, -0.25) is 4.90 Å². The van der Waals surface area contributed by atoms with E-state index in [1.54, 1.807) is 43.4 Å². The van der Waals surface area contributed by atoms with Gasteiger partial charge in [0.15, 0.2) is 5.82 Å². The van der Waals surface area contributed by atoms with Crippen molar-refractivity contribution < 1.29 is 18.8 Å². The SMILES string of the molecule is COc1cc(OC)cc(-c2nc(CN3CCN(C(=O)Nc4ccc(Cl)cc4Cl)CC3)no2)c1. The Kier molecular flexibility index (Phi) is 7.22. The highest BCUT2D eigenvalue weighted by Gasteiger charge is 2.23. The van der Waals surface area contributed by atoms with Crippen molar-refractivity contribution in [2.75, 3.05) is 45.7 Å². The Balaban J connectivity index is 1.32. The number of hydrogen-bond donors (Lipinski definition) is 1. The van der Waals surface area contributed by atoms with Crippen LogP contribution in [0.25, 0.3) is 11.5 Å². The second-order valence-electron chi connectivity index (χ2n) is 7.43. The molecule has 9 nitrogen and oxygen atoms in total. The maximum atomic E-state index is 12.6. The molecular weight excluding hydrogens is 469 g/mol. The zero-order chi connectivity index (χ0) is 23.4. The Labute approximate surface area is 201 Å². The van der Waals surface area contributed by atoms with Gasteiger partial charge in [0.1, 0.15) is 11.5 Å². The van der Waals surface area contributed by atoms with Gasteiger partial charge in [-0.05, 0) is 30.3 Å². The van der Waals surface area contributed by atoms with Gasteiger partial charge in [-0.25, -0.2) is 4.79 Å². The zero-order valence-electron chi connectivity index (χ0n) is 18.2. The summed E-state index contributed by atoms with van der Waals surface area (Å²) in [6.45, 7) is 3.00. The largest absolute Gasteiger partial charge is 0.497 e. The average molecular weight is 492 g/mol. The Morgan fingerprint density at radius 2 is 1.76 bits per heavy atom. The lowest BCUT2D eigenvalue weighted by Gasteiger charge is -2.34. The molecule has 0 aliphatic carbocycles. The molecular formula is C22H23Cl2N5O4. The minimum Gasteiger partial charge on any atom is -0.497 e. The molecule has 0 unspecified atom stereocenters. The number of amides is 2. The second kappa shape index (κ2) is 10.3. The van der Waals surface area contributed by atoms with Crippen LogP contribution in [0, 0.1) is 0 Å². The highest BCUT2D eigenvalue weighted by Crippen LogP contribution is 2.29. The van der Waals surface area contributed by atoms with E-state index in [0.29, 0.717) is 77.2 Å². The van der Waals surface area contributed by atoms with E-state index in [-0.39, 0.29) is 6.03 Å². The summed E-state index contributed by atoms with van der Waals surface area (Å²) in [6, 6.07) is 10.2. The van der Waals surface area contributed by atoms with Crippen LogP contribution in [-0.2, 0) is 6.54 Å². The molecule has 1 fully saturated rings. The van der Waals surface area contributed by atoms with Crippen LogP contribution in [0.1, 0.15) is 5.82 Å². The molecule has 1 saturated heterocycles. The molecule has 33 heavy (non-hydrogen) atoms. The van der Waals surface area contributed by atoms with Crippen LogP contribution < -0.4 is 14.8 Å². The van der Waals surface area contributed by atoms with Crippen LogP contribution in [0.2, 0.25) is 10.0 Å². The Hall–Kier alpha value is -3.01. The number of halogens is 2. The molecule has 0 atom stereocenters. The molecule has 4 rings (SSSR count). The number of piperazine rings is 1. The average Bonchev–Trinajstić information content (AvgIpc) is 3.29. The molecule has 1 aliphatic heterocycles. The number of aromatic nitrogens is 2. The van der Waals surface area contributed by atoms with Gasteiger partial charge >= 0.3 is 6.03 Å². The maximum absolute atomic E-state index is 12.6. The topological polar surface area (TPSA) is 93.0 Å². The quantitative estimate of drug-likeness (QED) is 0.545. The molecule has 0 bridgehead atoms. The summed E-state index contributed by atoms with van der Waals surface area (Å²) in [5, 5.41) is 7.84. The second-order valence-corrected chi connectivity index (χ2v) is 8.28. The molecule has 2 heterocycles. The molecule has 11 heteroatoms. The number of nitrogens with zero attached hydrogens (tertiary/aromatic N) is 4. The lowest BCUT2D eigenvalue weighted by Crippen LogP contribution is -2.49. The molecule has 0 spiro atoms. The van der Waals surface area contributed by atoms with E-state index < -0.39 is 0 Å². The number of anilines is 1. The van der Waals surface area contributed by atoms with Gasteiger partial charge in [-0.15, -0.1) is 0 Å². The fourth-order valence-electron chi connectivity index (χ4n) is 3.46. The number of urea groups is 1. The summed E-state index contributed by atoms with van der Waals surface area (Å²) in [5.74, 6) is 2.23. The number of rotatable bonds is 6. The minimum absolute atomic E-state index is 0.201. The number of carbonyl (C=O) groups excluding carboxylic acids is 1. The molecule has 2 aromatic carbocycles. The van der Waals surface area contributed by atoms with Gasteiger partial charge in [0, 0.05) is 42.8 Å². The molecule has 0 radical (unpaired) electrons. The zero-order valence-corrected chi connectivity index (χ0v) is 19.7. The number of carbonyl (C=O) groups is 1. The summed E-state index contributed by atoms with van der Waals surface area (Å²) < 4.78 is 16.0. The third kappa shape index (κ3) is 5.68. The van der Waals surface area contributed by atoms with Crippen LogP contribution in [-0.4, -0.2) is 66.4 Å². The summed E-state index contributed by atoms with van der Waals surface area (Å²) in [6.07, 6.45) is 0. The van der Waals surface area contributed by atoms with E-state index >= 15 is 0 Å². The third-order valence-electron chi connectivity index (χ3n) is 5.26. The van der Waals surface area contributed by atoms with E-state index in [2.05, 4.69) is 20.4 Å². The first-order valence-corrected chi connectivity index (χ1v) is 11.0. The smallest absolute Gasteiger partial charge is 0.321 e. The molecule has 0 saturated carbocycles. The van der Waals surface area contributed by atoms with Crippen molar-refractivity contribution in [3.8, 4) is 23.0 Å². The van der Waals surface area contributed by atoms with Crippen molar-refractivity contribution in [3.63, 3.8) is 0 Å². The number of ether oxygens (including phenoxy) is 2. The first kappa shape index (κ1) is 23.2. The molecule has 174 valence electrons.